The van der Waals surface area contributed by atoms with Gasteiger partial charge in [0.25, 0.3) is 0 Å². The minimum absolute atomic E-state index is 0.0798. The van der Waals surface area contributed by atoms with Crippen LogP contribution in [0.25, 0.3) is 0 Å². The first-order chi connectivity index (χ1) is 14.0. The number of hydrogen-bond acceptors (Lipinski definition) is 9. The fourth-order valence-corrected chi connectivity index (χ4v) is 3.69. The number of benzene rings is 1. The number of nitrogens with one attached hydrogen (secondary N) is 1. The van der Waals surface area contributed by atoms with Crippen molar-refractivity contribution < 1.29 is 23.8 Å². The number of anilines is 1. The van der Waals surface area contributed by atoms with Crippen molar-refractivity contribution in [3.05, 3.63) is 41.1 Å². The summed E-state index contributed by atoms with van der Waals surface area (Å²) in [5, 5.41) is 8.01. The number of aromatic nitrogens is 3. The third kappa shape index (κ3) is 4.21. The number of hydrogen-bond donors (Lipinski definition) is 1. The van der Waals surface area contributed by atoms with Crippen LogP contribution in [0, 0.1) is 0 Å². The van der Waals surface area contributed by atoms with Gasteiger partial charge in [-0.2, -0.15) is 4.98 Å². The van der Waals surface area contributed by atoms with Gasteiger partial charge < -0.3 is 19.5 Å². The van der Waals surface area contributed by atoms with E-state index in [1.54, 1.807) is 25.6 Å². The molecule has 0 saturated carbocycles. The Bertz CT molecular complexity index is 956. The second-order valence-corrected chi connectivity index (χ2v) is 7.00. The van der Waals surface area contributed by atoms with Crippen molar-refractivity contribution in [2.45, 2.75) is 25.0 Å². The first-order valence-electron chi connectivity index (χ1n) is 8.94. The number of para-hydroxylation sites is 1. The van der Waals surface area contributed by atoms with Crippen molar-refractivity contribution in [3.8, 4) is 5.75 Å². The lowest BCUT2D eigenvalue weighted by Crippen LogP contribution is -2.30. The summed E-state index contributed by atoms with van der Waals surface area (Å²) in [6.45, 7) is 3.79. The van der Waals surface area contributed by atoms with Gasteiger partial charge in [0.15, 0.2) is 0 Å². The Labute approximate surface area is 172 Å². The van der Waals surface area contributed by atoms with Gasteiger partial charge in [0.1, 0.15) is 11.8 Å². The van der Waals surface area contributed by atoms with Crippen LogP contribution in [0.3, 0.4) is 0 Å². The zero-order valence-corrected chi connectivity index (χ0v) is 17.4. The van der Waals surface area contributed by atoms with Crippen LogP contribution in [0.1, 0.15) is 25.5 Å². The Kier molecular flexibility index (Phi) is 6.42. The van der Waals surface area contributed by atoms with E-state index in [9.17, 15) is 9.59 Å². The van der Waals surface area contributed by atoms with Gasteiger partial charge in [0.05, 0.1) is 32.2 Å². The maximum atomic E-state index is 12.8. The summed E-state index contributed by atoms with van der Waals surface area (Å²) in [5.74, 6) is 0.325. The molecule has 0 unspecified atom stereocenters. The monoisotopic (exact) mass is 418 g/mol. The molecule has 0 amide bonds. The quantitative estimate of drug-likeness (QED) is 0.536. The van der Waals surface area contributed by atoms with Crippen LogP contribution in [0.15, 0.2) is 40.7 Å². The SMILES string of the molecule is CCOC(=O)C1=C(C)Nc2nc(SCC(=O)OC)nn2[C@@H]1c1ccccc1OC. The fourth-order valence-electron chi connectivity index (χ4n) is 3.03. The molecule has 0 spiro atoms. The average Bonchev–Trinajstić information content (AvgIpc) is 3.13. The molecule has 0 aliphatic carbocycles. The topological polar surface area (TPSA) is 105 Å². The predicted octanol–water partition coefficient (Wildman–Crippen LogP) is 2.40. The summed E-state index contributed by atoms with van der Waals surface area (Å²) in [6.07, 6.45) is 0. The Hall–Kier alpha value is -3.01. The maximum Gasteiger partial charge on any atom is 0.338 e. The van der Waals surface area contributed by atoms with Crippen molar-refractivity contribution in [2.75, 3.05) is 31.9 Å². The molecule has 2 heterocycles. The molecule has 1 atom stereocenters. The molecule has 1 aliphatic heterocycles. The minimum atomic E-state index is -0.596. The van der Waals surface area contributed by atoms with Gasteiger partial charge >= 0.3 is 11.9 Å². The predicted molar refractivity (Wildman–Crippen MR) is 107 cm³/mol. The first kappa shape index (κ1) is 20.7. The van der Waals surface area contributed by atoms with E-state index in [0.717, 1.165) is 17.3 Å². The van der Waals surface area contributed by atoms with Gasteiger partial charge in [0, 0.05) is 11.3 Å². The van der Waals surface area contributed by atoms with Crippen LogP contribution >= 0.6 is 11.8 Å². The molecule has 0 bridgehead atoms. The lowest BCUT2D eigenvalue weighted by atomic mass is 9.95. The Morgan fingerprint density at radius 1 is 1.28 bits per heavy atom. The van der Waals surface area contributed by atoms with Crippen LogP contribution in [0.2, 0.25) is 0 Å². The maximum absolute atomic E-state index is 12.8. The largest absolute Gasteiger partial charge is 0.496 e. The summed E-state index contributed by atoms with van der Waals surface area (Å²) >= 11 is 1.15. The zero-order chi connectivity index (χ0) is 21.0. The minimum Gasteiger partial charge on any atom is -0.496 e. The van der Waals surface area contributed by atoms with E-state index in [-0.39, 0.29) is 18.3 Å². The zero-order valence-electron chi connectivity index (χ0n) is 16.6. The van der Waals surface area contributed by atoms with Gasteiger partial charge in [-0.25, -0.2) is 9.48 Å². The van der Waals surface area contributed by atoms with E-state index >= 15 is 0 Å². The molecule has 1 aromatic heterocycles. The number of fused-ring (bicyclic) bond motifs is 1. The highest BCUT2D eigenvalue weighted by Crippen LogP contribution is 2.40. The molecule has 0 radical (unpaired) electrons. The normalized spacial score (nSPS) is 15.4. The van der Waals surface area contributed by atoms with E-state index in [0.29, 0.717) is 28.1 Å². The van der Waals surface area contributed by atoms with Crippen LogP contribution < -0.4 is 10.1 Å². The number of thioether (sulfide) groups is 1. The number of allylic oxidation sites excluding steroid dienone is 1. The molecule has 0 fully saturated rings. The van der Waals surface area contributed by atoms with E-state index in [4.69, 9.17) is 9.47 Å². The third-order valence-corrected chi connectivity index (χ3v) is 5.12. The van der Waals surface area contributed by atoms with Crippen molar-refractivity contribution in [3.63, 3.8) is 0 Å². The summed E-state index contributed by atoms with van der Waals surface area (Å²) in [7, 11) is 2.90. The van der Waals surface area contributed by atoms with Gasteiger partial charge in [-0.1, -0.05) is 30.0 Å². The Balaban J connectivity index is 2.08. The lowest BCUT2D eigenvalue weighted by Gasteiger charge is -2.28. The highest BCUT2D eigenvalue weighted by atomic mass is 32.2. The van der Waals surface area contributed by atoms with Crippen LogP contribution in [0.5, 0.6) is 5.75 Å². The third-order valence-electron chi connectivity index (χ3n) is 4.31. The van der Waals surface area contributed by atoms with Gasteiger partial charge in [-0.15, -0.1) is 5.10 Å². The van der Waals surface area contributed by atoms with Crippen LogP contribution in [0.4, 0.5) is 5.95 Å². The molecule has 1 aliphatic rings. The number of esters is 2. The molecule has 154 valence electrons. The summed E-state index contributed by atoms with van der Waals surface area (Å²) < 4.78 is 17.1. The van der Waals surface area contributed by atoms with Crippen molar-refractivity contribution in [1.29, 1.82) is 0 Å². The smallest absolute Gasteiger partial charge is 0.338 e. The van der Waals surface area contributed by atoms with E-state index in [1.165, 1.54) is 7.11 Å². The van der Waals surface area contributed by atoms with E-state index in [1.807, 2.05) is 24.3 Å². The van der Waals surface area contributed by atoms with E-state index < -0.39 is 12.0 Å². The Morgan fingerprint density at radius 2 is 2.03 bits per heavy atom. The molecular formula is C19H22N4O5S. The van der Waals surface area contributed by atoms with Gasteiger partial charge in [-0.3, -0.25) is 4.79 Å². The highest BCUT2D eigenvalue weighted by molar-refractivity contribution is 7.99. The van der Waals surface area contributed by atoms with Crippen molar-refractivity contribution >= 4 is 29.6 Å². The van der Waals surface area contributed by atoms with Gasteiger partial charge in [0.2, 0.25) is 11.1 Å². The highest BCUT2D eigenvalue weighted by Gasteiger charge is 2.36. The molecule has 2 aromatic rings. The molecule has 3 rings (SSSR count). The van der Waals surface area contributed by atoms with E-state index in [2.05, 4.69) is 20.1 Å². The first-order valence-corrected chi connectivity index (χ1v) is 9.92. The molecule has 9 nitrogen and oxygen atoms in total. The lowest BCUT2D eigenvalue weighted by molar-refractivity contribution is -0.139. The van der Waals surface area contributed by atoms with Gasteiger partial charge in [-0.05, 0) is 19.9 Å². The number of ether oxygens (including phenoxy) is 3. The average molecular weight is 418 g/mol. The number of carbonyl (C=O) groups excluding carboxylic acids is 2. The fraction of sp³-hybridized carbons (Fsp3) is 0.368. The molecule has 29 heavy (non-hydrogen) atoms. The molecule has 10 heteroatoms. The summed E-state index contributed by atoms with van der Waals surface area (Å²) in [4.78, 5) is 28.7. The molecular weight excluding hydrogens is 396 g/mol. The number of rotatable bonds is 7. The summed E-state index contributed by atoms with van der Waals surface area (Å²) in [6, 6.07) is 6.81. The number of carbonyl (C=O) groups is 2. The molecule has 1 aromatic carbocycles. The van der Waals surface area contributed by atoms with Crippen molar-refractivity contribution in [2.24, 2.45) is 0 Å². The van der Waals surface area contributed by atoms with Crippen LogP contribution in [-0.2, 0) is 19.1 Å². The second-order valence-electron chi connectivity index (χ2n) is 6.06. The Morgan fingerprint density at radius 3 is 2.72 bits per heavy atom. The second kappa shape index (κ2) is 8.99. The number of methoxy groups -OCH3 is 2. The number of nitrogens with zero attached hydrogens (tertiary/aromatic N) is 3. The standard InChI is InChI=1S/C19H22N4O5S/c1-5-28-17(25)15-11(2)20-18-21-19(29-10-14(24)27-4)22-23(18)16(15)12-8-6-7-9-13(12)26-3/h6-9,16H,5,10H2,1-4H3,(H,20,21,22)/t16-/m1/s1. The molecule has 1 N–H and O–H groups in total. The van der Waals surface area contributed by atoms with Crippen molar-refractivity contribution in [1.82, 2.24) is 14.8 Å². The summed E-state index contributed by atoms with van der Waals surface area (Å²) in [5.41, 5.74) is 1.77. The van der Waals surface area contributed by atoms with Crippen LogP contribution in [-0.4, -0.2) is 53.3 Å². The molecule has 0 saturated heterocycles.